The minimum Gasteiger partial charge on any atom is -0.480 e. The highest BCUT2D eigenvalue weighted by molar-refractivity contribution is 5.78. The van der Waals surface area contributed by atoms with E-state index in [1.165, 1.54) is 6.92 Å². The number of hydrogen-bond acceptors (Lipinski definition) is 3. The second-order valence-electron chi connectivity index (χ2n) is 4.78. The molecular weight excluding hydrogens is 251 g/mol. The summed E-state index contributed by atoms with van der Waals surface area (Å²) in [5, 5.41) is 12.1. The van der Waals surface area contributed by atoms with Gasteiger partial charge in [-0.05, 0) is 26.2 Å². The van der Waals surface area contributed by atoms with Gasteiger partial charge in [0.25, 0.3) is 0 Å². The van der Waals surface area contributed by atoms with Gasteiger partial charge in [0, 0.05) is 12.6 Å². The van der Waals surface area contributed by atoms with Crippen LogP contribution in [-0.2, 0) is 9.53 Å². The predicted molar refractivity (Wildman–Crippen MR) is 58.3 cm³/mol. The minimum atomic E-state index is -4.23. The SMILES string of the molecule is CC(CCOCCC(F)(F)F)(NC1CC1)C(=O)O. The lowest BCUT2D eigenvalue weighted by Crippen LogP contribution is -2.51. The smallest absolute Gasteiger partial charge is 0.391 e. The van der Waals surface area contributed by atoms with Crippen LogP contribution in [0, 0.1) is 0 Å². The van der Waals surface area contributed by atoms with Gasteiger partial charge in [-0.3, -0.25) is 10.1 Å². The topological polar surface area (TPSA) is 58.6 Å². The number of rotatable bonds is 8. The Hall–Kier alpha value is -0.820. The molecule has 0 spiro atoms. The Morgan fingerprint density at radius 1 is 1.33 bits per heavy atom. The number of aliphatic carboxylic acids is 1. The van der Waals surface area contributed by atoms with Gasteiger partial charge in [-0.1, -0.05) is 0 Å². The molecule has 1 aliphatic carbocycles. The summed E-state index contributed by atoms with van der Waals surface area (Å²) in [6, 6.07) is 0.210. The van der Waals surface area contributed by atoms with Gasteiger partial charge >= 0.3 is 12.1 Å². The molecule has 0 aromatic rings. The van der Waals surface area contributed by atoms with E-state index >= 15 is 0 Å². The summed E-state index contributed by atoms with van der Waals surface area (Å²) < 4.78 is 40.4. The summed E-state index contributed by atoms with van der Waals surface area (Å²) >= 11 is 0. The Bertz CT molecular complexity index is 292. The average Bonchev–Trinajstić information content (AvgIpc) is 2.99. The molecule has 0 heterocycles. The van der Waals surface area contributed by atoms with Crippen LogP contribution >= 0.6 is 0 Å². The van der Waals surface area contributed by atoms with Crippen molar-refractivity contribution in [3.63, 3.8) is 0 Å². The summed E-state index contributed by atoms with van der Waals surface area (Å²) in [7, 11) is 0. The van der Waals surface area contributed by atoms with E-state index in [1.54, 1.807) is 0 Å². The molecule has 0 radical (unpaired) electrons. The predicted octanol–water partition coefficient (Wildman–Crippen LogP) is 1.94. The fourth-order valence-corrected chi connectivity index (χ4v) is 1.49. The first-order valence-electron chi connectivity index (χ1n) is 5.88. The monoisotopic (exact) mass is 269 g/mol. The van der Waals surface area contributed by atoms with Crippen molar-refractivity contribution in [2.45, 2.75) is 50.4 Å². The second kappa shape index (κ2) is 5.88. The van der Waals surface area contributed by atoms with Crippen LogP contribution in [-0.4, -0.2) is 42.0 Å². The molecule has 1 unspecified atom stereocenters. The van der Waals surface area contributed by atoms with Gasteiger partial charge in [0.15, 0.2) is 0 Å². The highest BCUT2D eigenvalue weighted by atomic mass is 19.4. The number of halogens is 3. The van der Waals surface area contributed by atoms with Gasteiger partial charge in [0.2, 0.25) is 0 Å². The van der Waals surface area contributed by atoms with Crippen molar-refractivity contribution in [1.29, 1.82) is 0 Å². The molecule has 1 atom stereocenters. The summed E-state index contributed by atoms with van der Waals surface area (Å²) in [4.78, 5) is 11.1. The zero-order valence-electron chi connectivity index (χ0n) is 10.2. The lowest BCUT2D eigenvalue weighted by atomic mass is 9.98. The number of nitrogens with one attached hydrogen (secondary N) is 1. The Kier molecular flexibility index (Phi) is 4.98. The Morgan fingerprint density at radius 2 is 1.89 bits per heavy atom. The molecule has 18 heavy (non-hydrogen) atoms. The zero-order valence-corrected chi connectivity index (χ0v) is 10.2. The third-order valence-electron chi connectivity index (χ3n) is 2.85. The molecule has 1 aliphatic rings. The van der Waals surface area contributed by atoms with Gasteiger partial charge in [-0.25, -0.2) is 0 Å². The molecule has 0 aromatic carbocycles. The van der Waals surface area contributed by atoms with E-state index in [0.29, 0.717) is 0 Å². The third kappa shape index (κ3) is 5.68. The van der Waals surface area contributed by atoms with Crippen molar-refractivity contribution < 1.29 is 27.8 Å². The summed E-state index contributed by atoms with van der Waals surface area (Å²) in [5.74, 6) is -1.01. The molecule has 1 saturated carbocycles. The number of carboxylic acid groups (broad SMARTS) is 1. The van der Waals surface area contributed by atoms with Crippen molar-refractivity contribution in [3.05, 3.63) is 0 Å². The molecule has 1 rings (SSSR count). The molecule has 0 aliphatic heterocycles. The van der Waals surface area contributed by atoms with E-state index in [9.17, 15) is 18.0 Å². The first kappa shape index (κ1) is 15.2. The first-order chi connectivity index (χ1) is 8.23. The van der Waals surface area contributed by atoms with Crippen LogP contribution in [0.3, 0.4) is 0 Å². The van der Waals surface area contributed by atoms with E-state index in [1.807, 2.05) is 0 Å². The summed E-state index contributed by atoms with van der Waals surface area (Å²) in [6.45, 7) is 1.10. The lowest BCUT2D eigenvalue weighted by Gasteiger charge is -2.26. The van der Waals surface area contributed by atoms with Crippen molar-refractivity contribution in [2.75, 3.05) is 13.2 Å². The number of carbonyl (C=O) groups is 1. The molecule has 0 amide bonds. The highest BCUT2D eigenvalue weighted by Gasteiger charge is 2.38. The second-order valence-corrected chi connectivity index (χ2v) is 4.78. The summed E-state index contributed by atoms with van der Waals surface area (Å²) in [6.07, 6.45) is -3.21. The van der Waals surface area contributed by atoms with Gasteiger partial charge in [0.05, 0.1) is 13.0 Å². The van der Waals surface area contributed by atoms with Gasteiger partial charge in [0.1, 0.15) is 5.54 Å². The van der Waals surface area contributed by atoms with Crippen molar-refractivity contribution in [1.82, 2.24) is 5.32 Å². The van der Waals surface area contributed by atoms with E-state index in [0.717, 1.165) is 12.8 Å². The fourth-order valence-electron chi connectivity index (χ4n) is 1.49. The number of carboxylic acids is 1. The van der Waals surface area contributed by atoms with Crippen LogP contribution < -0.4 is 5.32 Å². The summed E-state index contributed by atoms with van der Waals surface area (Å²) in [5.41, 5.74) is -1.13. The molecular formula is C11H18F3NO3. The van der Waals surface area contributed by atoms with Gasteiger partial charge in [-0.15, -0.1) is 0 Å². The lowest BCUT2D eigenvalue weighted by molar-refractivity contribution is -0.149. The average molecular weight is 269 g/mol. The molecule has 106 valence electrons. The zero-order chi connectivity index (χ0) is 13.8. The Labute approximate surface area is 103 Å². The van der Waals surface area contributed by atoms with Crippen LogP contribution in [0.2, 0.25) is 0 Å². The standard InChI is InChI=1S/C11H18F3NO3/c1-10(9(16)17,15-8-2-3-8)4-6-18-7-5-11(12,13)14/h8,15H,2-7H2,1H3,(H,16,17). The van der Waals surface area contributed by atoms with E-state index in [2.05, 4.69) is 5.32 Å². The van der Waals surface area contributed by atoms with Crippen LogP contribution in [0.5, 0.6) is 0 Å². The normalized spacial score (nSPS) is 19.6. The molecule has 7 heteroatoms. The van der Waals surface area contributed by atoms with Gasteiger partial charge in [-0.2, -0.15) is 13.2 Å². The molecule has 2 N–H and O–H groups in total. The van der Waals surface area contributed by atoms with Crippen molar-refractivity contribution in [3.8, 4) is 0 Å². The third-order valence-corrected chi connectivity index (χ3v) is 2.85. The Morgan fingerprint density at radius 3 is 2.33 bits per heavy atom. The number of hydrogen-bond donors (Lipinski definition) is 2. The van der Waals surface area contributed by atoms with Crippen LogP contribution in [0.4, 0.5) is 13.2 Å². The molecule has 0 bridgehead atoms. The fraction of sp³-hybridized carbons (Fsp3) is 0.909. The largest absolute Gasteiger partial charge is 0.480 e. The van der Waals surface area contributed by atoms with Crippen molar-refractivity contribution in [2.24, 2.45) is 0 Å². The molecule has 0 saturated heterocycles. The number of ether oxygens (including phenoxy) is 1. The van der Waals surface area contributed by atoms with E-state index < -0.39 is 30.7 Å². The van der Waals surface area contributed by atoms with Gasteiger partial charge < -0.3 is 9.84 Å². The molecule has 0 aromatic heterocycles. The van der Waals surface area contributed by atoms with Crippen molar-refractivity contribution >= 4 is 5.97 Å². The van der Waals surface area contributed by atoms with Crippen LogP contribution in [0.1, 0.15) is 32.6 Å². The maximum Gasteiger partial charge on any atom is 0.391 e. The molecule has 4 nitrogen and oxygen atoms in total. The number of alkyl halides is 3. The quantitative estimate of drug-likeness (QED) is 0.661. The Balaban J connectivity index is 2.23. The highest BCUT2D eigenvalue weighted by Crippen LogP contribution is 2.24. The molecule has 1 fully saturated rings. The first-order valence-corrected chi connectivity index (χ1v) is 5.88. The van der Waals surface area contributed by atoms with Crippen LogP contribution in [0.25, 0.3) is 0 Å². The maximum atomic E-state index is 11.8. The minimum absolute atomic E-state index is 0.00139. The van der Waals surface area contributed by atoms with E-state index in [4.69, 9.17) is 9.84 Å². The van der Waals surface area contributed by atoms with E-state index in [-0.39, 0.29) is 19.1 Å². The maximum absolute atomic E-state index is 11.8. The van der Waals surface area contributed by atoms with Crippen LogP contribution in [0.15, 0.2) is 0 Å².